The third kappa shape index (κ3) is 2.96. The van der Waals surface area contributed by atoms with E-state index in [4.69, 9.17) is 11.6 Å². The number of rotatable bonds is 4. The molecule has 108 valence electrons. The van der Waals surface area contributed by atoms with Crippen molar-refractivity contribution in [2.24, 2.45) is 0 Å². The molecule has 20 heavy (non-hydrogen) atoms. The Balaban J connectivity index is 2.06. The maximum Gasteiger partial charge on any atom is 0.282 e. The molecule has 0 aromatic carbocycles. The highest BCUT2D eigenvalue weighted by molar-refractivity contribution is 6.34. The van der Waals surface area contributed by atoms with Crippen LogP contribution in [0.3, 0.4) is 0 Å². The molecule has 2 aromatic heterocycles. The van der Waals surface area contributed by atoms with Crippen LogP contribution in [0.15, 0.2) is 6.07 Å². The molecule has 1 amide bonds. The molecule has 2 rings (SSSR count). The van der Waals surface area contributed by atoms with E-state index in [9.17, 15) is 13.6 Å². The number of halogens is 3. The van der Waals surface area contributed by atoms with Crippen molar-refractivity contribution in [3.8, 4) is 0 Å². The summed E-state index contributed by atoms with van der Waals surface area (Å²) in [6, 6.07) is 1.24. The van der Waals surface area contributed by atoms with Gasteiger partial charge in [0, 0.05) is 5.69 Å². The van der Waals surface area contributed by atoms with Gasteiger partial charge >= 0.3 is 0 Å². The number of carbonyl (C=O) groups is 1. The molecule has 2 aromatic rings. The molecule has 0 fully saturated rings. The van der Waals surface area contributed by atoms with Crippen LogP contribution in [0.4, 0.5) is 14.6 Å². The molecular formula is C11H12ClF2N5O. The van der Waals surface area contributed by atoms with Gasteiger partial charge in [-0.05, 0) is 19.9 Å². The maximum atomic E-state index is 12.5. The van der Waals surface area contributed by atoms with Gasteiger partial charge in [-0.3, -0.25) is 14.6 Å². The van der Waals surface area contributed by atoms with Gasteiger partial charge in [-0.25, -0.2) is 8.78 Å². The van der Waals surface area contributed by atoms with E-state index in [0.717, 1.165) is 0 Å². The number of H-pyrrole nitrogens is 1. The van der Waals surface area contributed by atoms with E-state index in [-0.39, 0.29) is 18.1 Å². The summed E-state index contributed by atoms with van der Waals surface area (Å²) >= 11 is 5.90. The summed E-state index contributed by atoms with van der Waals surface area (Å²) in [6.07, 6.45) is -2.67. The molecule has 0 saturated carbocycles. The number of aromatic nitrogens is 4. The van der Waals surface area contributed by atoms with Crippen LogP contribution in [-0.2, 0) is 11.3 Å². The summed E-state index contributed by atoms with van der Waals surface area (Å²) in [5.74, 6) is -0.251. The van der Waals surface area contributed by atoms with Crippen LogP contribution in [0, 0.1) is 13.8 Å². The molecule has 2 heterocycles. The van der Waals surface area contributed by atoms with Gasteiger partial charge in [0.2, 0.25) is 5.91 Å². The number of anilines is 1. The Hall–Kier alpha value is -1.96. The van der Waals surface area contributed by atoms with Gasteiger partial charge < -0.3 is 5.32 Å². The molecule has 2 N–H and O–H groups in total. The van der Waals surface area contributed by atoms with Crippen LogP contribution in [0.5, 0.6) is 0 Å². The topological polar surface area (TPSA) is 75.6 Å². The zero-order valence-electron chi connectivity index (χ0n) is 10.7. The molecular weight excluding hydrogens is 292 g/mol. The first-order chi connectivity index (χ1) is 9.38. The standard InChI is InChI=1S/C11H12ClF2N5O/c1-5-3-7(10(13)14)18-19(5)4-8(20)15-11-9(12)6(2)16-17-11/h3,10H,4H2,1-2H3,(H2,15,16,17,20). The van der Waals surface area contributed by atoms with Crippen molar-refractivity contribution in [2.45, 2.75) is 26.8 Å². The molecule has 0 spiro atoms. The molecule has 0 bridgehead atoms. The van der Waals surface area contributed by atoms with Crippen LogP contribution >= 0.6 is 11.6 Å². The van der Waals surface area contributed by atoms with Gasteiger partial charge in [0.15, 0.2) is 5.82 Å². The Morgan fingerprint density at radius 2 is 2.25 bits per heavy atom. The van der Waals surface area contributed by atoms with E-state index in [0.29, 0.717) is 16.4 Å². The number of carbonyl (C=O) groups excluding carboxylic acids is 1. The number of nitrogens with zero attached hydrogens (tertiary/aromatic N) is 3. The second-order valence-corrected chi connectivity index (χ2v) is 4.61. The minimum atomic E-state index is -2.67. The third-order valence-electron chi connectivity index (χ3n) is 2.65. The van der Waals surface area contributed by atoms with Crippen LogP contribution in [0.1, 0.15) is 23.5 Å². The minimum Gasteiger partial charge on any atom is -0.306 e. The van der Waals surface area contributed by atoms with Crippen molar-refractivity contribution >= 4 is 23.3 Å². The van der Waals surface area contributed by atoms with Gasteiger partial charge in [0.1, 0.15) is 17.3 Å². The number of hydrogen-bond acceptors (Lipinski definition) is 3. The molecule has 0 atom stereocenters. The van der Waals surface area contributed by atoms with Gasteiger partial charge in [-0.15, -0.1) is 0 Å². The SMILES string of the molecule is Cc1[nH]nc(NC(=O)Cn2nc(C(F)F)cc2C)c1Cl. The van der Waals surface area contributed by atoms with Gasteiger partial charge in [-0.1, -0.05) is 11.6 Å². The molecule has 6 nitrogen and oxygen atoms in total. The highest BCUT2D eigenvalue weighted by Gasteiger charge is 2.16. The summed E-state index contributed by atoms with van der Waals surface area (Å²) in [6.45, 7) is 3.11. The lowest BCUT2D eigenvalue weighted by atomic mass is 10.4. The van der Waals surface area contributed by atoms with Crippen molar-refractivity contribution in [3.05, 3.63) is 28.2 Å². The number of aromatic amines is 1. The molecule has 0 aliphatic heterocycles. The van der Waals surface area contributed by atoms with Crippen molar-refractivity contribution in [3.63, 3.8) is 0 Å². The first-order valence-electron chi connectivity index (χ1n) is 5.71. The summed E-state index contributed by atoms with van der Waals surface area (Å²) in [4.78, 5) is 11.8. The zero-order valence-corrected chi connectivity index (χ0v) is 11.5. The number of alkyl halides is 2. The van der Waals surface area contributed by atoms with E-state index in [1.165, 1.54) is 10.7 Å². The summed E-state index contributed by atoms with van der Waals surface area (Å²) in [5, 5.41) is 12.9. The lowest BCUT2D eigenvalue weighted by Crippen LogP contribution is -2.20. The number of hydrogen-bond donors (Lipinski definition) is 2. The molecule has 0 saturated heterocycles. The fourth-order valence-electron chi connectivity index (χ4n) is 1.61. The molecule has 0 radical (unpaired) electrons. The molecule has 9 heteroatoms. The number of amides is 1. The van der Waals surface area contributed by atoms with E-state index >= 15 is 0 Å². The van der Waals surface area contributed by atoms with Crippen LogP contribution in [0.25, 0.3) is 0 Å². The van der Waals surface area contributed by atoms with Crippen molar-refractivity contribution in [1.29, 1.82) is 0 Å². The third-order valence-corrected chi connectivity index (χ3v) is 3.11. The smallest absolute Gasteiger partial charge is 0.282 e. The normalized spacial score (nSPS) is 11.1. The Labute approximate surface area is 118 Å². The Kier molecular flexibility index (Phi) is 4.03. The van der Waals surface area contributed by atoms with Crippen LogP contribution in [-0.4, -0.2) is 25.9 Å². The van der Waals surface area contributed by atoms with Crippen molar-refractivity contribution in [2.75, 3.05) is 5.32 Å². The Bertz CT molecular complexity index is 637. The first kappa shape index (κ1) is 14.4. The monoisotopic (exact) mass is 303 g/mol. The van der Waals surface area contributed by atoms with E-state index in [1.54, 1.807) is 13.8 Å². The minimum absolute atomic E-state index is 0.194. The van der Waals surface area contributed by atoms with Gasteiger partial charge in [-0.2, -0.15) is 10.2 Å². The second kappa shape index (κ2) is 5.58. The largest absolute Gasteiger partial charge is 0.306 e. The van der Waals surface area contributed by atoms with E-state index in [2.05, 4.69) is 20.6 Å². The predicted octanol–water partition coefficient (Wildman–Crippen LogP) is 2.45. The van der Waals surface area contributed by atoms with Gasteiger partial charge in [0.05, 0.1) is 5.69 Å². The summed E-state index contributed by atoms with van der Waals surface area (Å²) in [5.41, 5.74) is 0.737. The predicted molar refractivity (Wildman–Crippen MR) is 68.9 cm³/mol. The second-order valence-electron chi connectivity index (χ2n) is 4.23. The fraction of sp³-hybridized carbons (Fsp3) is 0.364. The Morgan fingerprint density at radius 3 is 2.75 bits per heavy atom. The van der Waals surface area contributed by atoms with E-state index < -0.39 is 12.3 Å². The molecule has 0 unspecified atom stereocenters. The maximum absolute atomic E-state index is 12.5. The number of aryl methyl sites for hydroxylation is 2. The summed E-state index contributed by atoms with van der Waals surface area (Å²) < 4.78 is 26.2. The van der Waals surface area contributed by atoms with E-state index in [1.807, 2.05) is 0 Å². The zero-order chi connectivity index (χ0) is 14.9. The highest BCUT2D eigenvalue weighted by atomic mass is 35.5. The van der Waals surface area contributed by atoms with Gasteiger partial charge in [0.25, 0.3) is 6.43 Å². The lowest BCUT2D eigenvalue weighted by Gasteiger charge is -2.04. The van der Waals surface area contributed by atoms with Crippen LogP contribution < -0.4 is 5.32 Å². The molecule has 0 aliphatic carbocycles. The average Bonchev–Trinajstić information content (AvgIpc) is 2.88. The molecule has 0 aliphatic rings. The highest BCUT2D eigenvalue weighted by Crippen LogP contribution is 2.22. The first-order valence-corrected chi connectivity index (χ1v) is 6.09. The number of nitrogens with one attached hydrogen (secondary N) is 2. The lowest BCUT2D eigenvalue weighted by molar-refractivity contribution is -0.117. The van der Waals surface area contributed by atoms with Crippen molar-refractivity contribution < 1.29 is 13.6 Å². The van der Waals surface area contributed by atoms with Crippen LogP contribution in [0.2, 0.25) is 5.02 Å². The van der Waals surface area contributed by atoms with Crippen molar-refractivity contribution in [1.82, 2.24) is 20.0 Å². The fourth-order valence-corrected chi connectivity index (χ4v) is 1.74. The quantitative estimate of drug-likeness (QED) is 0.911. The average molecular weight is 304 g/mol. The summed E-state index contributed by atoms with van der Waals surface area (Å²) in [7, 11) is 0. The Morgan fingerprint density at radius 1 is 1.55 bits per heavy atom.